The number of aryl methyl sites for hydroxylation is 1. The molecule has 0 saturated carbocycles. The fourth-order valence-corrected chi connectivity index (χ4v) is 12.8. The number of hydrogen-bond acceptors (Lipinski definition) is 14. The number of β-amino-alcohol motifs (C(OH)–C–C–N with tert-alkyl or cyclic N) is 1. The molecule has 3 aromatic heterocycles. The number of ether oxygens (including phenoxy) is 1. The molecule has 17 nitrogen and oxygen atoms in total. The van der Waals surface area contributed by atoms with Crippen LogP contribution in [0.3, 0.4) is 0 Å². The molecule has 4 amide bonds. The van der Waals surface area contributed by atoms with Gasteiger partial charge >= 0.3 is 5.97 Å². The lowest BCUT2D eigenvalue weighted by molar-refractivity contribution is -0.144. The van der Waals surface area contributed by atoms with E-state index in [1.165, 1.54) is 16.2 Å². The summed E-state index contributed by atoms with van der Waals surface area (Å²) in [7, 11) is 0. The van der Waals surface area contributed by atoms with Crippen LogP contribution in [-0.2, 0) is 27.3 Å². The molecule has 3 aliphatic heterocycles. The first-order chi connectivity index (χ1) is 38.4. The zero-order valence-corrected chi connectivity index (χ0v) is 47.5. The normalized spacial score (nSPS) is 17.6. The maximum Gasteiger partial charge on any atom is 0.355 e. The Hall–Kier alpha value is -7.58. The van der Waals surface area contributed by atoms with Crippen molar-refractivity contribution < 1.29 is 38.9 Å². The number of likely N-dealkylation sites (tertiary alicyclic amines) is 2. The van der Waals surface area contributed by atoms with Crippen molar-refractivity contribution in [1.29, 1.82) is 0 Å². The van der Waals surface area contributed by atoms with E-state index in [9.17, 15) is 34.2 Å². The van der Waals surface area contributed by atoms with Crippen LogP contribution >= 0.6 is 22.7 Å². The van der Waals surface area contributed by atoms with Crippen LogP contribution in [-0.4, -0.2) is 122 Å². The van der Waals surface area contributed by atoms with Crippen LogP contribution in [0.2, 0.25) is 0 Å². The monoisotopic (exact) mass is 1120 g/mol. The van der Waals surface area contributed by atoms with E-state index in [2.05, 4.69) is 30.8 Å². The molecule has 2 saturated heterocycles. The number of pyridine rings is 1. The number of para-hydroxylation sites is 1. The Labute approximate surface area is 473 Å². The van der Waals surface area contributed by atoms with Crippen molar-refractivity contribution in [3.05, 3.63) is 142 Å². The van der Waals surface area contributed by atoms with Gasteiger partial charge in [0.15, 0.2) is 10.8 Å². The van der Waals surface area contributed by atoms with Gasteiger partial charge in [-0.25, -0.2) is 19.7 Å². The second-order valence-electron chi connectivity index (χ2n) is 22.3. The molecular formula is C61H67N9O8S2. The van der Waals surface area contributed by atoms with E-state index in [-0.39, 0.29) is 54.9 Å². The Kier molecular flexibility index (Phi) is 16.5. The highest BCUT2D eigenvalue weighted by Gasteiger charge is 2.45. The number of rotatable bonds is 16. The molecule has 5 N–H and O–H groups in total. The van der Waals surface area contributed by atoms with Crippen LogP contribution in [0, 0.1) is 25.2 Å². The van der Waals surface area contributed by atoms with Crippen LogP contribution in [0.1, 0.15) is 102 Å². The van der Waals surface area contributed by atoms with Gasteiger partial charge in [-0.2, -0.15) is 0 Å². The highest BCUT2D eigenvalue weighted by atomic mass is 32.1. The van der Waals surface area contributed by atoms with Crippen LogP contribution in [0.5, 0.6) is 5.75 Å². The minimum atomic E-state index is -1.16. The molecule has 7 aromatic rings. The largest absolute Gasteiger partial charge is 0.493 e. The Balaban J connectivity index is 0.723. The standard InChI is InChI=1S/C61H67N9O8S2/c1-35-43(44-21-22-51(65-53(44)59(76)77)69-28-25-40-11-9-13-45(46(40)31-69)56(73)67-60-64-47-14-7-8-16-50(47)80-60)12-10-15-49(35)78-33-38-23-26-68(27-24-38)32-52(72)66-55(61(4,5)6)58(75)70-30-42(71)29-48(70)57(74)63-36(2)39-17-19-41(20-18-39)54-37(3)62-34-79-54/h7-22,34,36,38,42,48,55,71H,23-33H2,1-6H3,(H,63,74)(H,66,72)(H,76,77)(H,64,67,73)/t36?,42-,48+,55?/m1/s1. The maximum atomic E-state index is 14.4. The van der Waals surface area contributed by atoms with Gasteiger partial charge in [-0.1, -0.05) is 92.8 Å². The van der Waals surface area contributed by atoms with Crippen molar-refractivity contribution in [1.82, 2.24) is 35.4 Å². The van der Waals surface area contributed by atoms with Crippen molar-refractivity contribution in [2.75, 3.05) is 49.5 Å². The number of amides is 4. The van der Waals surface area contributed by atoms with Gasteiger partial charge < -0.3 is 35.4 Å². The second kappa shape index (κ2) is 23.6. The highest BCUT2D eigenvalue weighted by Crippen LogP contribution is 2.36. The number of aliphatic hydroxyl groups excluding tert-OH is 1. The lowest BCUT2D eigenvalue weighted by Crippen LogP contribution is -2.59. The molecule has 19 heteroatoms. The van der Waals surface area contributed by atoms with Gasteiger partial charge in [-0.3, -0.25) is 29.4 Å². The number of carboxylic acids is 1. The molecule has 6 heterocycles. The molecular weight excluding hydrogens is 1050 g/mol. The Morgan fingerprint density at radius 1 is 0.863 bits per heavy atom. The number of hydrogen-bond donors (Lipinski definition) is 5. The number of aromatic carboxylic acids is 1. The lowest BCUT2D eigenvalue weighted by atomic mass is 9.85. The third kappa shape index (κ3) is 12.3. The highest BCUT2D eigenvalue weighted by molar-refractivity contribution is 7.22. The summed E-state index contributed by atoms with van der Waals surface area (Å²) in [4.78, 5) is 88.8. The zero-order chi connectivity index (χ0) is 56.4. The number of carboxylic acid groups (broad SMARTS) is 1. The van der Waals surface area contributed by atoms with E-state index >= 15 is 0 Å². The summed E-state index contributed by atoms with van der Waals surface area (Å²) in [5.74, 6) is -1.15. The van der Waals surface area contributed by atoms with Gasteiger partial charge in [0.1, 0.15) is 23.7 Å². The van der Waals surface area contributed by atoms with Crippen LogP contribution < -0.4 is 25.6 Å². The van der Waals surface area contributed by atoms with Gasteiger partial charge in [0, 0.05) is 37.2 Å². The number of carbonyl (C=O) groups excluding carboxylic acids is 4. The number of aliphatic hydroxyl groups is 1. The van der Waals surface area contributed by atoms with E-state index < -0.39 is 35.5 Å². The molecule has 2 fully saturated rings. The lowest BCUT2D eigenvalue weighted by Gasteiger charge is -2.36. The number of nitrogens with zero attached hydrogens (tertiary/aromatic N) is 6. The van der Waals surface area contributed by atoms with Gasteiger partial charge in [0.05, 0.1) is 51.6 Å². The molecule has 4 aromatic carbocycles. The summed E-state index contributed by atoms with van der Waals surface area (Å²) in [5, 5.41) is 30.9. The molecule has 0 aliphatic carbocycles. The molecule has 80 heavy (non-hydrogen) atoms. The van der Waals surface area contributed by atoms with E-state index in [0.717, 1.165) is 61.4 Å². The number of benzene rings is 4. The summed E-state index contributed by atoms with van der Waals surface area (Å²) < 4.78 is 7.43. The fraction of sp³-hybridized carbons (Fsp3) is 0.377. The van der Waals surface area contributed by atoms with Crippen LogP contribution in [0.4, 0.5) is 10.9 Å². The van der Waals surface area contributed by atoms with E-state index in [4.69, 9.17) is 9.72 Å². The quantitative estimate of drug-likeness (QED) is 0.0611. The van der Waals surface area contributed by atoms with Crippen molar-refractivity contribution in [2.24, 2.45) is 11.3 Å². The summed E-state index contributed by atoms with van der Waals surface area (Å²) in [5.41, 5.74) is 9.15. The first-order valence-electron chi connectivity index (χ1n) is 27.2. The minimum Gasteiger partial charge on any atom is -0.493 e. The van der Waals surface area contributed by atoms with Gasteiger partial charge in [0.25, 0.3) is 5.91 Å². The number of anilines is 2. The first kappa shape index (κ1) is 55.7. The summed E-state index contributed by atoms with van der Waals surface area (Å²) in [6, 6.07) is 28.4. The third-order valence-corrected chi connectivity index (χ3v) is 17.6. The number of piperidine rings is 1. The molecule has 3 aliphatic rings. The van der Waals surface area contributed by atoms with Crippen LogP contribution in [0.15, 0.2) is 103 Å². The van der Waals surface area contributed by atoms with Crippen molar-refractivity contribution >= 4 is 73.4 Å². The van der Waals surface area contributed by atoms with Crippen molar-refractivity contribution in [3.63, 3.8) is 0 Å². The Morgan fingerprint density at radius 3 is 2.35 bits per heavy atom. The van der Waals surface area contributed by atoms with Crippen molar-refractivity contribution in [3.8, 4) is 27.3 Å². The molecule has 416 valence electrons. The number of aromatic nitrogens is 3. The fourth-order valence-electron chi connectivity index (χ4n) is 11.1. The smallest absolute Gasteiger partial charge is 0.355 e. The summed E-state index contributed by atoms with van der Waals surface area (Å²) >= 11 is 2.99. The number of carbonyl (C=O) groups is 5. The Bertz CT molecular complexity index is 3420. The molecule has 0 bridgehead atoms. The third-order valence-electron chi connectivity index (χ3n) is 15.6. The Morgan fingerprint density at radius 2 is 1.62 bits per heavy atom. The number of nitrogens with one attached hydrogen (secondary N) is 3. The van der Waals surface area contributed by atoms with E-state index in [0.29, 0.717) is 72.6 Å². The van der Waals surface area contributed by atoms with Gasteiger partial charge in [0.2, 0.25) is 17.7 Å². The van der Waals surface area contributed by atoms with Crippen LogP contribution in [0.25, 0.3) is 31.8 Å². The number of fused-ring (bicyclic) bond motifs is 2. The molecule has 2 unspecified atom stereocenters. The molecule has 0 radical (unpaired) electrons. The predicted molar refractivity (Wildman–Crippen MR) is 311 cm³/mol. The molecule has 4 atom stereocenters. The average molecular weight is 1120 g/mol. The summed E-state index contributed by atoms with van der Waals surface area (Å²) in [6.07, 6.45) is 1.41. The van der Waals surface area contributed by atoms with Gasteiger partial charge in [-0.15, -0.1) is 11.3 Å². The first-order valence-corrected chi connectivity index (χ1v) is 28.9. The zero-order valence-electron chi connectivity index (χ0n) is 45.8. The topological polar surface area (TPSA) is 220 Å². The second-order valence-corrected chi connectivity index (χ2v) is 24.2. The average Bonchev–Trinajstić information content (AvgIpc) is 4.23. The molecule has 0 spiro atoms. The minimum absolute atomic E-state index is 0.0157. The maximum absolute atomic E-state index is 14.4. The molecule has 10 rings (SSSR count). The van der Waals surface area contributed by atoms with E-state index in [1.807, 2.05) is 137 Å². The van der Waals surface area contributed by atoms with E-state index in [1.54, 1.807) is 23.5 Å². The van der Waals surface area contributed by atoms with Crippen molar-refractivity contribution in [2.45, 2.75) is 98.0 Å². The predicted octanol–water partition coefficient (Wildman–Crippen LogP) is 9.07. The SMILES string of the molecule is Cc1ncsc1-c1ccc(C(C)NC(=O)[C@@H]2C[C@@H](O)CN2C(=O)C(NC(=O)CN2CCC(COc3cccc(-c4ccc(N5CCc6cccc(C(=O)Nc7nc8ccccc8s7)c6C5)nc4C(=O)O)c3C)CC2)C(C)(C)C)cc1. The van der Waals surface area contributed by atoms with Gasteiger partial charge in [-0.05, 0) is 134 Å². The number of thiazole rings is 2. The summed E-state index contributed by atoms with van der Waals surface area (Å²) in [6.45, 7) is 14.2.